The third-order valence-electron chi connectivity index (χ3n) is 9.32. The maximum atomic E-state index is 6.66. The van der Waals surface area contributed by atoms with Crippen LogP contribution in [0.3, 0.4) is 0 Å². The van der Waals surface area contributed by atoms with Gasteiger partial charge in [0.05, 0.1) is 17.4 Å². The van der Waals surface area contributed by atoms with Gasteiger partial charge >= 0.3 is 17.1 Å². The number of hydrogen-bond donors (Lipinski definition) is 1. The van der Waals surface area contributed by atoms with E-state index in [0.29, 0.717) is 0 Å². The maximum absolute atomic E-state index is 6.66. The molecule has 1 aliphatic rings. The van der Waals surface area contributed by atoms with Crippen LogP contribution in [-0.4, -0.2) is 9.97 Å². The maximum Gasteiger partial charge on any atom is 2.00 e. The van der Waals surface area contributed by atoms with Crippen molar-refractivity contribution in [2.75, 3.05) is 0 Å². The molecule has 243 valence electrons. The van der Waals surface area contributed by atoms with E-state index in [1.807, 2.05) is 30.5 Å². The molecule has 1 radical (unpaired) electrons. The van der Waals surface area contributed by atoms with Gasteiger partial charge in [0.25, 0.3) is 0 Å². The number of nitrogens with zero attached hydrogens (tertiary/aromatic N) is 2. The molecule has 0 spiro atoms. The van der Waals surface area contributed by atoms with E-state index in [9.17, 15) is 0 Å². The van der Waals surface area contributed by atoms with Crippen molar-refractivity contribution in [1.82, 2.24) is 15.0 Å². The zero-order chi connectivity index (χ0) is 32.7. The Hall–Kier alpha value is -5.05. The molecule has 3 heterocycles. The van der Waals surface area contributed by atoms with Crippen molar-refractivity contribution in [1.29, 1.82) is 0 Å². The molecule has 0 aliphatic carbocycles. The van der Waals surface area contributed by atoms with Crippen molar-refractivity contribution >= 4 is 45.8 Å². The average molecular weight is 704 g/mol. The van der Waals surface area contributed by atoms with Crippen LogP contribution in [0.25, 0.3) is 33.1 Å². The number of rotatable bonds is 4. The van der Waals surface area contributed by atoms with Crippen molar-refractivity contribution in [2.24, 2.45) is 0 Å². The van der Waals surface area contributed by atoms with Crippen LogP contribution < -0.4 is 25.6 Å². The van der Waals surface area contributed by atoms with Crippen molar-refractivity contribution in [3.63, 3.8) is 0 Å². The zero-order valence-corrected chi connectivity index (χ0v) is 29.2. The van der Waals surface area contributed by atoms with Crippen molar-refractivity contribution in [2.45, 2.75) is 19.3 Å². The Labute approximate surface area is 298 Å². The van der Waals surface area contributed by atoms with Gasteiger partial charge in [0, 0.05) is 22.3 Å². The van der Waals surface area contributed by atoms with Gasteiger partial charge in [0.15, 0.2) is 5.75 Å². The summed E-state index contributed by atoms with van der Waals surface area (Å²) in [7, 11) is -1.23. The Bertz CT molecular complexity index is 2270. The van der Waals surface area contributed by atoms with Gasteiger partial charge in [-0.2, -0.15) is 24.8 Å². The summed E-state index contributed by atoms with van der Waals surface area (Å²) >= 11 is 0. The summed E-state index contributed by atoms with van der Waals surface area (Å²) in [6, 6.07) is 49.0. The predicted octanol–water partition coefficient (Wildman–Crippen LogP) is 9.13. The summed E-state index contributed by atoms with van der Waals surface area (Å²) in [5.41, 5.74) is 8.58. The molecule has 6 aromatic carbocycles. The third kappa shape index (κ3) is 5.85. The molecule has 1 aliphatic heterocycles. The van der Waals surface area contributed by atoms with Gasteiger partial charge in [-0.15, -0.1) is 11.6 Å². The number of aromatic nitrogens is 3. The molecule has 9 rings (SSSR count). The molecular formula is C43H35CuN3OP+. The van der Waals surface area contributed by atoms with E-state index in [1.165, 1.54) is 32.4 Å². The summed E-state index contributed by atoms with van der Waals surface area (Å²) in [4.78, 5) is 12.0. The van der Waals surface area contributed by atoms with Gasteiger partial charge in [0.1, 0.15) is 23.8 Å². The standard InChI is InChI=1S/C28H24OP.C15H10N3.Cu/c1-20-12-10-17-23-26(20)29-27-24(28(23,2)3)18-11-19-25(27)30(21-13-6-4-7-14-21)22-15-8-5-9-16-22;1-3-10-7-8-16-14(10)11(4-1)12-5-2-6-13-15(12)18-9-17-13;/h4-19H,1H2,2-3H3;1-9H,(H,17,18);/q2*-1;+2/p+1. The summed E-state index contributed by atoms with van der Waals surface area (Å²) in [5, 5.41) is 5.17. The molecule has 6 heteroatoms. The molecule has 49 heavy (non-hydrogen) atoms. The largest absolute Gasteiger partial charge is 2.00 e. The van der Waals surface area contributed by atoms with E-state index in [1.54, 1.807) is 6.33 Å². The molecule has 0 saturated heterocycles. The number of imidazole rings is 1. The number of fused-ring (bicyclic) bond motifs is 4. The van der Waals surface area contributed by atoms with E-state index in [0.717, 1.165) is 44.7 Å². The molecule has 2 aromatic heterocycles. The molecule has 4 nitrogen and oxygen atoms in total. The first-order valence-electron chi connectivity index (χ1n) is 16.2. The molecule has 0 unspecified atom stereocenters. The number of nitrogens with one attached hydrogen (secondary N) is 1. The van der Waals surface area contributed by atoms with Crippen molar-refractivity contribution in [3.05, 3.63) is 176 Å². The smallest absolute Gasteiger partial charge is 0.663 e. The zero-order valence-electron chi connectivity index (χ0n) is 27.2. The van der Waals surface area contributed by atoms with E-state index >= 15 is 0 Å². The number of ether oxygens (including phenoxy) is 1. The number of hydrogen-bond acceptors (Lipinski definition) is 2. The second-order valence-electron chi connectivity index (χ2n) is 12.6. The Morgan fingerprint density at radius 1 is 0.673 bits per heavy atom. The molecule has 0 saturated carbocycles. The van der Waals surface area contributed by atoms with Gasteiger partial charge in [-0.25, -0.2) is 4.98 Å². The molecule has 0 fully saturated rings. The van der Waals surface area contributed by atoms with Gasteiger partial charge < -0.3 is 14.7 Å². The molecular weight excluding hydrogens is 669 g/mol. The van der Waals surface area contributed by atoms with Crippen LogP contribution in [-0.2, 0) is 22.5 Å². The van der Waals surface area contributed by atoms with Crippen LogP contribution in [0.5, 0.6) is 11.5 Å². The van der Waals surface area contributed by atoms with Gasteiger partial charge in [-0.3, -0.25) is 0 Å². The van der Waals surface area contributed by atoms with Crippen molar-refractivity contribution < 1.29 is 21.8 Å². The number of para-hydroxylation sites is 4. The Kier molecular flexibility index (Phi) is 8.92. The third-order valence-corrected chi connectivity index (χ3v) is 12.1. The van der Waals surface area contributed by atoms with Crippen LogP contribution in [0.15, 0.2) is 152 Å². The van der Waals surface area contributed by atoms with Crippen LogP contribution >= 0.6 is 7.92 Å². The van der Waals surface area contributed by atoms with Gasteiger partial charge in [-0.05, 0) is 47.3 Å². The number of benzene rings is 6. The summed E-state index contributed by atoms with van der Waals surface area (Å²) in [6.45, 7) is 8.82. The summed E-state index contributed by atoms with van der Waals surface area (Å²) in [6.07, 6.45) is 3.57. The fourth-order valence-corrected chi connectivity index (χ4v) is 9.58. The SMILES string of the molecule is [CH2-]c1cccc2c1Oc1c([PH+](c3ccccc3)c3ccccc3)cccc1C2(C)C.[Cu+2].c1cc(-c2cccc3[nH]cnc23)c2[n-]ccc2c1. The Morgan fingerprint density at radius 2 is 1.31 bits per heavy atom. The Balaban J connectivity index is 0.000000170. The minimum Gasteiger partial charge on any atom is -0.663 e. The molecule has 0 bridgehead atoms. The Morgan fingerprint density at radius 3 is 2.04 bits per heavy atom. The van der Waals surface area contributed by atoms with Crippen LogP contribution in [0, 0.1) is 6.92 Å². The summed E-state index contributed by atoms with van der Waals surface area (Å²) < 4.78 is 6.66. The van der Waals surface area contributed by atoms with Crippen molar-refractivity contribution in [3.8, 4) is 22.6 Å². The first kappa shape index (κ1) is 32.5. The van der Waals surface area contributed by atoms with Gasteiger partial charge in [-0.1, -0.05) is 110 Å². The minimum atomic E-state index is -1.23. The van der Waals surface area contributed by atoms with Crippen LogP contribution in [0.1, 0.15) is 30.5 Å². The van der Waals surface area contributed by atoms with Crippen LogP contribution in [0.4, 0.5) is 0 Å². The number of H-pyrrole nitrogens is 1. The fraction of sp³-hybridized carbons (Fsp3) is 0.0698. The van der Waals surface area contributed by atoms with E-state index < -0.39 is 7.92 Å². The predicted molar refractivity (Wildman–Crippen MR) is 202 cm³/mol. The van der Waals surface area contributed by atoms with Crippen LogP contribution in [0.2, 0.25) is 0 Å². The molecule has 0 amide bonds. The second kappa shape index (κ2) is 13.5. The average Bonchev–Trinajstić information content (AvgIpc) is 3.81. The van der Waals surface area contributed by atoms with E-state index in [-0.39, 0.29) is 22.5 Å². The first-order valence-corrected chi connectivity index (χ1v) is 17.7. The minimum absolute atomic E-state index is 0. The monoisotopic (exact) mass is 703 g/mol. The fourth-order valence-electron chi connectivity index (χ4n) is 6.90. The quantitative estimate of drug-likeness (QED) is 0.113. The van der Waals surface area contributed by atoms with E-state index in [2.05, 4.69) is 151 Å². The normalized spacial score (nSPS) is 12.7. The number of aromatic amines is 1. The molecule has 0 atom stereocenters. The molecule has 8 aromatic rings. The topological polar surface area (TPSA) is 52.0 Å². The molecule has 1 N–H and O–H groups in total. The first-order chi connectivity index (χ1) is 23.5. The second-order valence-corrected chi connectivity index (χ2v) is 15.0. The van der Waals surface area contributed by atoms with Gasteiger partial charge in [0.2, 0.25) is 0 Å². The summed E-state index contributed by atoms with van der Waals surface area (Å²) in [5.74, 6) is 1.91. The van der Waals surface area contributed by atoms with E-state index in [4.69, 9.17) is 4.74 Å².